The van der Waals surface area contributed by atoms with Crippen molar-refractivity contribution in [1.29, 1.82) is 10.5 Å². The molecule has 109 heavy (non-hydrogen) atoms. The van der Waals surface area contributed by atoms with Crippen LogP contribution in [0.15, 0.2) is 234 Å². The van der Waals surface area contributed by atoms with Crippen molar-refractivity contribution in [3.63, 3.8) is 0 Å². The van der Waals surface area contributed by atoms with Gasteiger partial charge in [-0.1, -0.05) is 73.4 Å². The van der Waals surface area contributed by atoms with Crippen LogP contribution in [0.2, 0.25) is 0 Å². The Bertz CT molecular complexity index is 4440. The number of nitrogens with two attached hydrogens (primary N) is 1. The van der Waals surface area contributed by atoms with E-state index in [0.717, 1.165) is 95.4 Å². The predicted octanol–water partition coefficient (Wildman–Crippen LogP) is 20.5. The number of nitriles is 2. The molecule has 0 spiro atoms. The molecule has 2 aromatic heterocycles. The molecule has 8 aromatic carbocycles. The van der Waals surface area contributed by atoms with Gasteiger partial charge in [0.15, 0.2) is 5.84 Å². The molecule has 0 radical (unpaired) electrons. The molecule has 566 valence electrons. The molecule has 0 unspecified atom stereocenters. The fourth-order valence-corrected chi connectivity index (χ4v) is 12.4. The second-order valence-corrected chi connectivity index (χ2v) is 26.7. The van der Waals surface area contributed by atoms with E-state index in [1.807, 2.05) is 103 Å². The molecule has 5 fully saturated rings. The molecule has 5 N–H and O–H groups in total. The van der Waals surface area contributed by atoms with Gasteiger partial charge < -0.3 is 58.6 Å². The van der Waals surface area contributed by atoms with Crippen molar-refractivity contribution in [2.75, 3.05) is 13.2 Å². The Labute approximate surface area is 636 Å². The Balaban J connectivity index is 0.000000153. The summed E-state index contributed by atoms with van der Waals surface area (Å²) < 4.78 is 57.0. The van der Waals surface area contributed by atoms with Gasteiger partial charge in [0.1, 0.15) is 59.3 Å². The highest BCUT2D eigenvalue weighted by Gasteiger charge is 2.21. The van der Waals surface area contributed by atoms with Gasteiger partial charge in [-0.3, -0.25) is 0 Å². The number of phenols is 1. The molecular formula is C88H95FN8O12. The molecule has 0 bridgehead atoms. The van der Waals surface area contributed by atoms with Gasteiger partial charge in [-0.2, -0.15) is 20.5 Å². The van der Waals surface area contributed by atoms with E-state index >= 15 is 0 Å². The molecule has 0 amide bonds. The number of carboxylic acids is 1. The van der Waals surface area contributed by atoms with Crippen LogP contribution in [0.1, 0.15) is 162 Å². The minimum atomic E-state index is -0.935. The first-order chi connectivity index (χ1) is 53.2. The van der Waals surface area contributed by atoms with E-state index in [2.05, 4.69) is 51.6 Å². The zero-order valence-corrected chi connectivity index (χ0v) is 61.6. The largest absolute Gasteiger partial charge is 0.508 e. The number of benzene rings is 8. The Hall–Kier alpha value is -12.2. The number of amidine groups is 1. The summed E-state index contributed by atoms with van der Waals surface area (Å²) in [6.07, 6.45) is 30.0. The van der Waals surface area contributed by atoms with Crippen molar-refractivity contribution in [2.45, 2.75) is 160 Å². The van der Waals surface area contributed by atoms with Gasteiger partial charge in [-0.05, 0) is 303 Å². The number of carbonyl (C=O) groups is 1. The van der Waals surface area contributed by atoms with E-state index < -0.39 is 5.97 Å². The topological polar surface area (TPSA) is 297 Å². The number of aromatic hydroxyl groups is 1. The highest BCUT2D eigenvalue weighted by atomic mass is 19.1. The smallest absolute Gasteiger partial charge is 0.335 e. The minimum Gasteiger partial charge on any atom is -0.508 e. The van der Waals surface area contributed by atoms with Crippen molar-refractivity contribution < 1.29 is 62.1 Å². The predicted molar refractivity (Wildman–Crippen MR) is 417 cm³/mol. The summed E-state index contributed by atoms with van der Waals surface area (Å²) in [7, 11) is 0. The number of ether oxygens (including phenoxy) is 6. The SMILES string of the molecule is C=CCOc1ccc(-c2nc(-c3ccc(OC4CCCC4)cc3)no2)cc1.C=CCOc1ccc(C(=O)O)cc1.CC1CCCC1.N#Cc1ccc(F)cc1.N#Cc1ccc(OC2CCCC2)cc1.N/C(=N\O)c1ccc(OC2CCCC2)cc1.Oc1ccc(-c2nc(-c3ccc(OC4CCCC4)cc3)no2)cc1. The van der Waals surface area contributed by atoms with Gasteiger partial charge in [0, 0.05) is 27.8 Å². The van der Waals surface area contributed by atoms with Crippen molar-refractivity contribution in [1.82, 2.24) is 20.3 Å². The van der Waals surface area contributed by atoms with Gasteiger partial charge >= 0.3 is 5.97 Å². The maximum Gasteiger partial charge on any atom is 0.335 e. The lowest BCUT2D eigenvalue weighted by molar-refractivity contribution is 0.0696. The molecule has 2 heterocycles. The molecule has 20 nitrogen and oxygen atoms in total. The van der Waals surface area contributed by atoms with Crippen LogP contribution >= 0.6 is 0 Å². The van der Waals surface area contributed by atoms with Gasteiger partial charge in [0.2, 0.25) is 11.6 Å². The molecule has 5 saturated carbocycles. The lowest BCUT2D eigenvalue weighted by atomic mass is 10.2. The van der Waals surface area contributed by atoms with Crippen LogP contribution in [-0.4, -0.2) is 85.1 Å². The summed E-state index contributed by atoms with van der Waals surface area (Å²) in [6, 6.07) is 60.1. The average Bonchev–Trinajstić information content (AvgIpc) is 1.70. The van der Waals surface area contributed by atoms with E-state index in [1.54, 1.807) is 72.8 Å². The quantitative estimate of drug-likeness (QED) is 0.0181. The number of carboxylic acid groups (broad SMARTS) is 1. The summed E-state index contributed by atoms with van der Waals surface area (Å²) in [5, 5.41) is 54.4. The first-order valence-electron chi connectivity index (χ1n) is 37.2. The van der Waals surface area contributed by atoms with Crippen LogP contribution in [0.5, 0.6) is 40.2 Å². The van der Waals surface area contributed by atoms with Crippen molar-refractivity contribution in [2.24, 2.45) is 16.8 Å². The van der Waals surface area contributed by atoms with E-state index in [9.17, 15) is 14.3 Å². The average molecular weight is 1480 g/mol. The standard InChI is InChI=1S/C22H22N2O3.C19H18N2O3.C12H16N2O2.C12H13NO.C10H10O3.C7H4FN.C6H12/c1-2-15-25-18-11-9-17(10-12-18)22-23-21(24-27-22)16-7-13-20(14-8-16)26-19-5-3-4-6-19;22-15-9-5-14(6-10-15)19-20-18(21-24-19)13-7-11-17(12-8-13)23-16-3-1-2-4-16;13-12(14-15)9-5-7-11(8-6-9)16-10-3-1-2-4-10;13-9-10-5-7-12(8-6-10)14-11-3-1-2-4-11;1-2-7-13-9-5-3-8(4-6-9)10(11)12;8-7-3-1-6(5-9)2-4-7;1-6-4-2-3-5-6/h2,7-14,19H,1,3-6,15H2;5-12,16,22H,1-4H2;5-8,10,15H,1-4H2,(H2,13,14);5-8,11H,1-4H2;2-6H,1,7H2,(H,11,12);1-4H;6H,2-5H2,1H3. The minimum absolute atomic E-state index is 0.118. The highest BCUT2D eigenvalue weighted by Crippen LogP contribution is 2.32. The van der Waals surface area contributed by atoms with Crippen LogP contribution < -0.4 is 34.2 Å². The van der Waals surface area contributed by atoms with Crippen molar-refractivity contribution >= 4 is 11.8 Å². The van der Waals surface area contributed by atoms with Crippen LogP contribution in [0.3, 0.4) is 0 Å². The Kier molecular flexibility index (Phi) is 32.7. The highest BCUT2D eigenvalue weighted by molar-refractivity contribution is 5.97. The molecular weight excluding hydrogens is 1380 g/mol. The van der Waals surface area contributed by atoms with Gasteiger partial charge in [-0.25, -0.2) is 9.18 Å². The van der Waals surface area contributed by atoms with E-state index in [-0.39, 0.29) is 23.0 Å². The van der Waals surface area contributed by atoms with Crippen molar-refractivity contribution in [3.05, 3.63) is 248 Å². The normalized spacial score (nSPS) is 14.7. The van der Waals surface area contributed by atoms with Crippen LogP contribution in [0.25, 0.3) is 45.7 Å². The fraction of sp³-hybridized carbons (Fsp3) is 0.318. The number of aromatic nitrogens is 4. The van der Waals surface area contributed by atoms with Crippen LogP contribution in [0, 0.1) is 34.4 Å². The van der Waals surface area contributed by atoms with E-state index in [0.29, 0.717) is 83.5 Å². The van der Waals surface area contributed by atoms with E-state index in [1.165, 1.54) is 126 Å². The lowest BCUT2D eigenvalue weighted by Gasteiger charge is -2.12. The maximum absolute atomic E-state index is 12.1. The second-order valence-electron chi connectivity index (χ2n) is 26.7. The summed E-state index contributed by atoms with van der Waals surface area (Å²) in [6.45, 7) is 10.4. The number of oxime groups is 1. The summed E-state index contributed by atoms with van der Waals surface area (Å²) in [4.78, 5) is 19.4. The number of nitrogens with zero attached hydrogens (tertiary/aromatic N) is 7. The molecule has 10 aromatic rings. The number of rotatable bonds is 20. The third-order valence-corrected chi connectivity index (χ3v) is 18.4. The molecule has 5 aliphatic carbocycles. The summed E-state index contributed by atoms with van der Waals surface area (Å²) >= 11 is 0. The van der Waals surface area contributed by atoms with Crippen LogP contribution in [0.4, 0.5) is 4.39 Å². The van der Waals surface area contributed by atoms with Crippen molar-refractivity contribution in [3.8, 4) is 98.1 Å². The fourth-order valence-electron chi connectivity index (χ4n) is 12.4. The molecule has 21 heteroatoms. The van der Waals surface area contributed by atoms with Gasteiger partial charge in [0.25, 0.3) is 11.8 Å². The van der Waals surface area contributed by atoms with E-state index in [4.69, 9.17) is 64.0 Å². The maximum atomic E-state index is 12.1. The zero-order chi connectivity index (χ0) is 76.8. The second kappa shape index (κ2) is 44.0. The van der Waals surface area contributed by atoms with Crippen LogP contribution in [-0.2, 0) is 0 Å². The number of phenolic OH excluding ortho intramolecular Hbond substituents is 1. The molecule has 0 saturated heterocycles. The lowest BCUT2D eigenvalue weighted by Crippen LogP contribution is -2.13. The summed E-state index contributed by atoms with van der Waals surface area (Å²) in [5.41, 5.74) is 11.0. The first kappa shape index (κ1) is 80.9. The molecule has 15 rings (SSSR count). The third kappa shape index (κ3) is 27.6. The Morgan fingerprint density at radius 1 is 0.477 bits per heavy atom. The summed E-state index contributed by atoms with van der Waals surface area (Å²) in [5.74, 6) is 7.05. The number of halogens is 1. The first-order valence-corrected chi connectivity index (χ1v) is 37.2. The number of hydrogen-bond donors (Lipinski definition) is 4. The molecule has 0 atom stereocenters. The van der Waals surface area contributed by atoms with Gasteiger partial charge in [0.05, 0.1) is 53.2 Å². The molecule has 5 aliphatic rings. The zero-order valence-electron chi connectivity index (χ0n) is 61.6. The third-order valence-electron chi connectivity index (χ3n) is 18.4. The molecule has 0 aliphatic heterocycles. The number of hydrogen-bond acceptors (Lipinski definition) is 18. The number of aromatic carboxylic acids is 1. The monoisotopic (exact) mass is 1470 g/mol. The Morgan fingerprint density at radius 2 is 0.780 bits per heavy atom. The Morgan fingerprint density at radius 3 is 1.11 bits per heavy atom. The van der Waals surface area contributed by atoms with Gasteiger partial charge in [-0.15, -0.1) is 0 Å².